The summed E-state index contributed by atoms with van der Waals surface area (Å²) in [6.45, 7) is 2.06. The number of amides is 1. The van der Waals surface area contributed by atoms with Crippen molar-refractivity contribution in [2.24, 2.45) is 11.8 Å². The van der Waals surface area contributed by atoms with Crippen molar-refractivity contribution in [2.45, 2.75) is 31.8 Å². The zero-order valence-electron chi connectivity index (χ0n) is 13.2. The molecule has 1 saturated heterocycles. The number of carboxylic acids is 1. The van der Waals surface area contributed by atoms with Gasteiger partial charge in [0.15, 0.2) is 0 Å². The summed E-state index contributed by atoms with van der Waals surface area (Å²) in [5, 5.41) is 8.91. The van der Waals surface area contributed by atoms with Crippen LogP contribution in [0.5, 0.6) is 0 Å². The highest BCUT2D eigenvalue weighted by Crippen LogP contribution is 2.40. The molecule has 23 heavy (non-hydrogen) atoms. The van der Waals surface area contributed by atoms with Crippen LogP contribution in [0.1, 0.15) is 24.8 Å². The van der Waals surface area contributed by atoms with Crippen LogP contribution in [0.2, 0.25) is 0 Å². The Morgan fingerprint density at radius 3 is 2.43 bits per heavy atom. The number of carbonyl (C=O) groups is 2. The predicted molar refractivity (Wildman–Crippen MR) is 84.9 cm³/mol. The SMILES string of the molecule is O=C(O)[C@@H]1C[C@H]1C(=O)N1CCC(OCCc2ccccc2)CC1. The van der Waals surface area contributed by atoms with Crippen LogP contribution < -0.4 is 0 Å². The zero-order chi connectivity index (χ0) is 16.2. The maximum Gasteiger partial charge on any atom is 0.307 e. The lowest BCUT2D eigenvalue weighted by Gasteiger charge is -2.32. The van der Waals surface area contributed by atoms with Crippen LogP contribution in [0.15, 0.2) is 30.3 Å². The molecule has 1 aliphatic carbocycles. The molecule has 5 nitrogen and oxygen atoms in total. The van der Waals surface area contributed by atoms with Crippen LogP contribution in [-0.4, -0.2) is 47.7 Å². The van der Waals surface area contributed by atoms with Gasteiger partial charge in [0.1, 0.15) is 0 Å². The number of carbonyl (C=O) groups excluding carboxylic acids is 1. The van der Waals surface area contributed by atoms with Crippen molar-refractivity contribution in [1.29, 1.82) is 0 Å². The number of likely N-dealkylation sites (tertiary alicyclic amines) is 1. The number of piperidine rings is 1. The summed E-state index contributed by atoms with van der Waals surface area (Å²) in [5.41, 5.74) is 1.27. The first kappa shape index (κ1) is 16.0. The fraction of sp³-hybridized carbons (Fsp3) is 0.556. The summed E-state index contributed by atoms with van der Waals surface area (Å²) in [5.74, 6) is -1.58. The Morgan fingerprint density at radius 2 is 1.83 bits per heavy atom. The third-order valence-electron chi connectivity index (χ3n) is 4.77. The fourth-order valence-electron chi connectivity index (χ4n) is 3.21. The summed E-state index contributed by atoms with van der Waals surface area (Å²) >= 11 is 0. The molecule has 0 aromatic heterocycles. The van der Waals surface area contributed by atoms with Crippen molar-refractivity contribution in [3.8, 4) is 0 Å². The van der Waals surface area contributed by atoms with E-state index in [0.29, 0.717) is 26.1 Å². The molecule has 1 aromatic rings. The highest BCUT2D eigenvalue weighted by atomic mass is 16.5. The standard InChI is InChI=1S/C18H23NO4/c20-17(15-12-16(15)18(21)22)19-9-6-14(7-10-19)23-11-8-13-4-2-1-3-5-13/h1-5,14-16H,6-12H2,(H,21,22)/t15-,16-/m1/s1. The summed E-state index contributed by atoms with van der Waals surface area (Å²) < 4.78 is 5.92. The van der Waals surface area contributed by atoms with E-state index in [1.54, 1.807) is 0 Å². The van der Waals surface area contributed by atoms with Gasteiger partial charge in [0.2, 0.25) is 5.91 Å². The molecule has 1 aromatic carbocycles. The number of hydrogen-bond donors (Lipinski definition) is 1. The first-order chi connectivity index (χ1) is 11.1. The van der Waals surface area contributed by atoms with Gasteiger partial charge in [0.25, 0.3) is 0 Å². The first-order valence-electron chi connectivity index (χ1n) is 8.32. The van der Waals surface area contributed by atoms with Gasteiger partial charge in [-0.2, -0.15) is 0 Å². The summed E-state index contributed by atoms with van der Waals surface area (Å²) in [7, 11) is 0. The van der Waals surface area contributed by atoms with Crippen molar-refractivity contribution >= 4 is 11.9 Å². The average Bonchev–Trinajstić information content (AvgIpc) is 3.37. The average molecular weight is 317 g/mol. The van der Waals surface area contributed by atoms with Crippen LogP contribution in [0.25, 0.3) is 0 Å². The minimum Gasteiger partial charge on any atom is -0.481 e. The number of benzene rings is 1. The van der Waals surface area contributed by atoms with Crippen molar-refractivity contribution in [3.05, 3.63) is 35.9 Å². The molecule has 2 aliphatic rings. The van der Waals surface area contributed by atoms with E-state index >= 15 is 0 Å². The van der Waals surface area contributed by atoms with Gasteiger partial charge in [-0.25, -0.2) is 0 Å². The van der Waals surface area contributed by atoms with E-state index in [9.17, 15) is 9.59 Å². The molecule has 0 unspecified atom stereocenters. The second-order valence-corrected chi connectivity index (χ2v) is 6.42. The number of hydrogen-bond acceptors (Lipinski definition) is 3. The maximum absolute atomic E-state index is 12.2. The molecule has 1 amide bonds. The normalized spacial score (nSPS) is 24.4. The highest BCUT2D eigenvalue weighted by Gasteiger charge is 2.50. The maximum atomic E-state index is 12.2. The highest BCUT2D eigenvalue weighted by molar-refractivity contribution is 5.89. The van der Waals surface area contributed by atoms with Crippen LogP contribution in [0.4, 0.5) is 0 Å². The quantitative estimate of drug-likeness (QED) is 0.871. The fourth-order valence-corrected chi connectivity index (χ4v) is 3.21. The third kappa shape index (κ3) is 4.10. The largest absolute Gasteiger partial charge is 0.481 e. The topological polar surface area (TPSA) is 66.8 Å². The molecular weight excluding hydrogens is 294 g/mol. The molecule has 3 rings (SSSR count). The summed E-state index contributed by atoms with van der Waals surface area (Å²) in [4.78, 5) is 24.9. The van der Waals surface area contributed by atoms with E-state index in [1.165, 1.54) is 5.56 Å². The van der Waals surface area contributed by atoms with Gasteiger partial charge in [-0.3, -0.25) is 9.59 Å². The summed E-state index contributed by atoms with van der Waals surface area (Å²) in [6, 6.07) is 10.3. The second kappa shape index (κ2) is 7.13. The first-order valence-corrected chi connectivity index (χ1v) is 8.32. The van der Waals surface area contributed by atoms with Crippen LogP contribution in [0, 0.1) is 11.8 Å². The molecule has 0 radical (unpaired) electrons. The summed E-state index contributed by atoms with van der Waals surface area (Å²) in [6.07, 6.45) is 3.29. The Kier molecular flexibility index (Phi) is 4.96. The molecule has 1 heterocycles. The Hall–Kier alpha value is -1.88. The lowest BCUT2D eigenvalue weighted by atomic mass is 10.1. The lowest BCUT2D eigenvalue weighted by Crippen LogP contribution is -2.42. The number of carboxylic acid groups (broad SMARTS) is 1. The molecule has 1 aliphatic heterocycles. The van der Waals surface area contributed by atoms with E-state index < -0.39 is 11.9 Å². The van der Waals surface area contributed by atoms with Crippen LogP contribution in [-0.2, 0) is 20.7 Å². The van der Waals surface area contributed by atoms with Crippen LogP contribution in [0.3, 0.4) is 0 Å². The van der Waals surface area contributed by atoms with Gasteiger partial charge in [0, 0.05) is 13.1 Å². The molecule has 1 saturated carbocycles. The van der Waals surface area contributed by atoms with Gasteiger partial charge in [-0.05, 0) is 31.2 Å². The Morgan fingerprint density at radius 1 is 1.13 bits per heavy atom. The molecule has 124 valence electrons. The van der Waals surface area contributed by atoms with Crippen LogP contribution >= 0.6 is 0 Å². The van der Waals surface area contributed by atoms with Crippen molar-refractivity contribution in [2.75, 3.05) is 19.7 Å². The van der Waals surface area contributed by atoms with E-state index in [2.05, 4.69) is 12.1 Å². The Bertz CT molecular complexity index is 551. The van der Waals surface area contributed by atoms with E-state index in [0.717, 1.165) is 19.3 Å². The van der Waals surface area contributed by atoms with Gasteiger partial charge in [0.05, 0.1) is 24.5 Å². The Labute approximate surface area is 136 Å². The predicted octanol–water partition coefficient (Wildman–Crippen LogP) is 1.96. The molecule has 0 bridgehead atoms. The molecule has 0 spiro atoms. The van der Waals surface area contributed by atoms with Gasteiger partial charge in [-0.1, -0.05) is 30.3 Å². The van der Waals surface area contributed by atoms with Gasteiger partial charge in [-0.15, -0.1) is 0 Å². The lowest BCUT2D eigenvalue weighted by molar-refractivity contribution is -0.142. The van der Waals surface area contributed by atoms with Crippen molar-refractivity contribution < 1.29 is 19.4 Å². The minimum absolute atomic E-state index is 0.0140. The van der Waals surface area contributed by atoms with E-state index in [-0.39, 0.29) is 17.9 Å². The third-order valence-corrected chi connectivity index (χ3v) is 4.77. The monoisotopic (exact) mass is 317 g/mol. The number of nitrogens with zero attached hydrogens (tertiary/aromatic N) is 1. The van der Waals surface area contributed by atoms with Crippen molar-refractivity contribution in [1.82, 2.24) is 4.90 Å². The number of aliphatic carboxylic acids is 1. The molecule has 1 N–H and O–H groups in total. The molecule has 5 heteroatoms. The number of ether oxygens (including phenoxy) is 1. The van der Waals surface area contributed by atoms with Crippen molar-refractivity contribution in [3.63, 3.8) is 0 Å². The molecule has 2 fully saturated rings. The smallest absolute Gasteiger partial charge is 0.307 e. The Balaban J connectivity index is 1.36. The molecular formula is C18H23NO4. The van der Waals surface area contributed by atoms with Gasteiger partial charge >= 0.3 is 5.97 Å². The molecule has 2 atom stereocenters. The second-order valence-electron chi connectivity index (χ2n) is 6.42. The van der Waals surface area contributed by atoms with Gasteiger partial charge < -0.3 is 14.7 Å². The van der Waals surface area contributed by atoms with E-state index in [4.69, 9.17) is 9.84 Å². The minimum atomic E-state index is -0.845. The number of rotatable bonds is 6. The zero-order valence-corrected chi connectivity index (χ0v) is 13.2. The van der Waals surface area contributed by atoms with E-state index in [1.807, 2.05) is 23.1 Å².